The molecule has 0 atom stereocenters. The monoisotopic (exact) mass is 296 g/mol. The predicted molar refractivity (Wildman–Crippen MR) is 77.4 cm³/mol. The Kier molecular flexibility index (Phi) is 6.14. The first-order chi connectivity index (χ1) is 9.81. The molecule has 0 aromatic heterocycles. The molecule has 1 aromatic carbocycles. The largest absolute Gasteiger partial charge is 0.481 e. The van der Waals surface area contributed by atoms with Gasteiger partial charge in [0.1, 0.15) is 5.82 Å². The van der Waals surface area contributed by atoms with E-state index in [-0.39, 0.29) is 30.9 Å². The molecule has 0 aliphatic heterocycles. The van der Waals surface area contributed by atoms with Crippen molar-refractivity contribution in [2.75, 3.05) is 13.6 Å². The number of amides is 2. The molecule has 21 heavy (non-hydrogen) atoms. The molecular weight excluding hydrogens is 275 g/mol. The summed E-state index contributed by atoms with van der Waals surface area (Å²) < 4.78 is 12.8. The van der Waals surface area contributed by atoms with Crippen LogP contribution in [0.25, 0.3) is 0 Å². The maximum absolute atomic E-state index is 12.8. The van der Waals surface area contributed by atoms with Crippen molar-refractivity contribution in [2.45, 2.75) is 32.9 Å². The van der Waals surface area contributed by atoms with Crippen LogP contribution in [-0.4, -0.2) is 46.5 Å². The zero-order valence-electron chi connectivity index (χ0n) is 12.5. The van der Waals surface area contributed by atoms with Crippen molar-refractivity contribution in [3.63, 3.8) is 0 Å². The third-order valence-electron chi connectivity index (χ3n) is 3.10. The van der Waals surface area contributed by atoms with Crippen LogP contribution >= 0.6 is 0 Å². The highest BCUT2D eigenvalue weighted by Crippen LogP contribution is 2.10. The fourth-order valence-electron chi connectivity index (χ4n) is 1.94. The van der Waals surface area contributed by atoms with Crippen LogP contribution in [0.3, 0.4) is 0 Å². The summed E-state index contributed by atoms with van der Waals surface area (Å²) in [7, 11) is 1.64. The second-order valence-electron chi connectivity index (χ2n) is 5.20. The quantitative estimate of drug-likeness (QED) is 0.877. The van der Waals surface area contributed by atoms with Gasteiger partial charge in [0, 0.05) is 26.2 Å². The van der Waals surface area contributed by atoms with Crippen molar-refractivity contribution in [3.8, 4) is 0 Å². The molecule has 1 aromatic rings. The fourth-order valence-corrected chi connectivity index (χ4v) is 1.94. The van der Waals surface area contributed by atoms with E-state index in [4.69, 9.17) is 5.11 Å². The summed E-state index contributed by atoms with van der Waals surface area (Å²) in [5.74, 6) is -1.26. The van der Waals surface area contributed by atoms with Gasteiger partial charge in [-0.2, -0.15) is 0 Å². The Morgan fingerprint density at radius 1 is 1.24 bits per heavy atom. The number of rotatable bonds is 6. The van der Waals surface area contributed by atoms with E-state index < -0.39 is 5.97 Å². The van der Waals surface area contributed by atoms with Crippen molar-refractivity contribution < 1.29 is 19.1 Å². The number of carbonyl (C=O) groups excluding carboxylic acids is 1. The van der Waals surface area contributed by atoms with Crippen molar-refractivity contribution in [1.29, 1.82) is 0 Å². The maximum atomic E-state index is 12.8. The Morgan fingerprint density at radius 2 is 1.81 bits per heavy atom. The number of aliphatic carboxylic acids is 1. The van der Waals surface area contributed by atoms with Crippen LogP contribution in [0, 0.1) is 5.82 Å². The number of benzene rings is 1. The SMILES string of the molecule is CC(C)N(CCC(=O)O)C(=O)N(C)Cc1ccc(F)cc1. The first-order valence-corrected chi connectivity index (χ1v) is 6.79. The lowest BCUT2D eigenvalue weighted by Crippen LogP contribution is -2.45. The van der Waals surface area contributed by atoms with Gasteiger partial charge in [-0.15, -0.1) is 0 Å². The second-order valence-corrected chi connectivity index (χ2v) is 5.20. The molecule has 1 N–H and O–H groups in total. The average Bonchev–Trinajstić information content (AvgIpc) is 2.40. The van der Waals surface area contributed by atoms with Crippen molar-refractivity contribution >= 4 is 12.0 Å². The van der Waals surface area contributed by atoms with Crippen molar-refractivity contribution in [1.82, 2.24) is 9.80 Å². The topological polar surface area (TPSA) is 60.9 Å². The summed E-state index contributed by atoms with van der Waals surface area (Å²) in [6.45, 7) is 4.19. The zero-order chi connectivity index (χ0) is 16.0. The number of urea groups is 1. The number of nitrogens with zero attached hydrogens (tertiary/aromatic N) is 2. The maximum Gasteiger partial charge on any atom is 0.320 e. The normalized spacial score (nSPS) is 10.5. The molecule has 0 aliphatic rings. The van der Waals surface area contributed by atoms with E-state index in [2.05, 4.69) is 0 Å². The van der Waals surface area contributed by atoms with E-state index in [1.54, 1.807) is 19.2 Å². The lowest BCUT2D eigenvalue weighted by atomic mass is 10.2. The number of carbonyl (C=O) groups is 2. The Labute approximate surface area is 124 Å². The summed E-state index contributed by atoms with van der Waals surface area (Å²) in [6.07, 6.45) is -0.0890. The van der Waals surface area contributed by atoms with E-state index in [1.807, 2.05) is 13.8 Å². The Morgan fingerprint density at radius 3 is 2.29 bits per heavy atom. The molecule has 0 heterocycles. The molecule has 0 bridgehead atoms. The second kappa shape index (κ2) is 7.61. The van der Waals surface area contributed by atoms with Gasteiger partial charge in [0.15, 0.2) is 0 Å². The van der Waals surface area contributed by atoms with Gasteiger partial charge in [0.25, 0.3) is 0 Å². The van der Waals surface area contributed by atoms with Gasteiger partial charge in [-0.05, 0) is 31.5 Å². The molecular formula is C15H21FN2O3. The minimum Gasteiger partial charge on any atom is -0.481 e. The third-order valence-corrected chi connectivity index (χ3v) is 3.10. The van der Waals surface area contributed by atoms with Crippen LogP contribution in [-0.2, 0) is 11.3 Å². The van der Waals surface area contributed by atoms with Crippen LogP contribution in [0.1, 0.15) is 25.8 Å². The van der Waals surface area contributed by atoms with Gasteiger partial charge in [0.05, 0.1) is 6.42 Å². The zero-order valence-corrected chi connectivity index (χ0v) is 12.5. The summed E-state index contributed by atoms with van der Waals surface area (Å²) in [5, 5.41) is 8.74. The van der Waals surface area contributed by atoms with Gasteiger partial charge in [-0.3, -0.25) is 4.79 Å². The Balaban J connectivity index is 2.68. The Hall–Kier alpha value is -2.11. The molecule has 0 radical (unpaired) electrons. The van der Waals surface area contributed by atoms with Crippen LogP contribution in [0.2, 0.25) is 0 Å². The van der Waals surface area contributed by atoms with E-state index >= 15 is 0 Å². The first-order valence-electron chi connectivity index (χ1n) is 6.79. The van der Waals surface area contributed by atoms with Crippen LogP contribution < -0.4 is 0 Å². The summed E-state index contributed by atoms with van der Waals surface area (Å²) in [6, 6.07) is 5.60. The predicted octanol–water partition coefficient (Wildman–Crippen LogP) is 2.56. The van der Waals surface area contributed by atoms with Gasteiger partial charge in [0.2, 0.25) is 0 Å². The van der Waals surface area contributed by atoms with E-state index in [1.165, 1.54) is 21.9 Å². The molecule has 2 amide bonds. The minimum absolute atomic E-state index is 0.0890. The molecule has 6 heteroatoms. The highest BCUT2D eigenvalue weighted by Gasteiger charge is 2.21. The van der Waals surface area contributed by atoms with Crippen LogP contribution in [0.4, 0.5) is 9.18 Å². The molecule has 0 unspecified atom stereocenters. The lowest BCUT2D eigenvalue weighted by Gasteiger charge is -2.31. The van der Waals surface area contributed by atoms with Crippen LogP contribution in [0.5, 0.6) is 0 Å². The van der Waals surface area contributed by atoms with Crippen LogP contribution in [0.15, 0.2) is 24.3 Å². The average molecular weight is 296 g/mol. The Bertz CT molecular complexity index is 488. The van der Waals surface area contributed by atoms with Gasteiger partial charge >= 0.3 is 12.0 Å². The molecule has 0 aliphatic carbocycles. The minimum atomic E-state index is -0.936. The molecule has 116 valence electrons. The van der Waals surface area contributed by atoms with Crippen molar-refractivity contribution in [3.05, 3.63) is 35.6 Å². The van der Waals surface area contributed by atoms with E-state index in [0.29, 0.717) is 6.54 Å². The fraction of sp³-hybridized carbons (Fsp3) is 0.467. The standard InChI is InChI=1S/C15H21FN2O3/c1-11(2)18(9-8-14(19)20)15(21)17(3)10-12-4-6-13(16)7-5-12/h4-7,11H,8-10H2,1-3H3,(H,19,20). The van der Waals surface area contributed by atoms with Gasteiger partial charge < -0.3 is 14.9 Å². The summed E-state index contributed by atoms with van der Waals surface area (Å²) >= 11 is 0. The number of hydrogen-bond acceptors (Lipinski definition) is 2. The highest BCUT2D eigenvalue weighted by molar-refractivity contribution is 5.75. The molecule has 0 saturated carbocycles. The number of carboxylic acids is 1. The molecule has 0 saturated heterocycles. The smallest absolute Gasteiger partial charge is 0.320 e. The molecule has 1 rings (SSSR count). The number of halogens is 1. The summed E-state index contributed by atoms with van der Waals surface area (Å²) in [5.41, 5.74) is 0.814. The molecule has 5 nitrogen and oxygen atoms in total. The number of hydrogen-bond donors (Lipinski definition) is 1. The molecule has 0 fully saturated rings. The van der Waals surface area contributed by atoms with Crippen molar-refractivity contribution in [2.24, 2.45) is 0 Å². The first kappa shape index (κ1) is 16.9. The van der Waals surface area contributed by atoms with Gasteiger partial charge in [-0.25, -0.2) is 9.18 Å². The van der Waals surface area contributed by atoms with E-state index in [0.717, 1.165) is 5.56 Å². The van der Waals surface area contributed by atoms with Gasteiger partial charge in [-0.1, -0.05) is 12.1 Å². The highest BCUT2D eigenvalue weighted by atomic mass is 19.1. The summed E-state index contributed by atoms with van der Waals surface area (Å²) in [4.78, 5) is 26.0. The molecule has 0 spiro atoms. The number of carboxylic acid groups (broad SMARTS) is 1. The van der Waals surface area contributed by atoms with E-state index in [9.17, 15) is 14.0 Å². The third kappa shape index (κ3) is 5.41. The lowest BCUT2D eigenvalue weighted by molar-refractivity contribution is -0.137.